The Balaban J connectivity index is 1.73. The highest BCUT2D eigenvalue weighted by Crippen LogP contribution is 2.42. The first kappa shape index (κ1) is 20.8. The molecular formula is C26H31NO3. The van der Waals surface area contributed by atoms with E-state index in [1.54, 1.807) is 0 Å². The molecule has 2 fully saturated rings. The number of hydrogen-bond acceptors (Lipinski definition) is 3. The molecule has 1 N–H and O–H groups in total. The quantitative estimate of drug-likeness (QED) is 0.668. The van der Waals surface area contributed by atoms with E-state index in [2.05, 4.69) is 4.90 Å². The van der Waals surface area contributed by atoms with Crippen LogP contribution in [0.2, 0.25) is 0 Å². The van der Waals surface area contributed by atoms with E-state index in [4.69, 9.17) is 0 Å². The van der Waals surface area contributed by atoms with Crippen LogP contribution in [0, 0.1) is 17.8 Å². The summed E-state index contributed by atoms with van der Waals surface area (Å²) in [4.78, 5) is 27.6. The Labute approximate surface area is 178 Å². The minimum atomic E-state index is -1.23. The molecule has 1 aliphatic heterocycles. The molecule has 4 atom stereocenters. The van der Waals surface area contributed by atoms with Crippen LogP contribution in [0.15, 0.2) is 60.7 Å². The van der Waals surface area contributed by atoms with Crippen molar-refractivity contribution < 1.29 is 14.7 Å². The zero-order valence-corrected chi connectivity index (χ0v) is 17.5. The maximum atomic E-state index is 13.0. The van der Waals surface area contributed by atoms with Crippen LogP contribution in [0.4, 0.5) is 0 Å². The number of likely N-dealkylation sites (tertiary alicyclic amines) is 1. The smallest absolute Gasteiger partial charge is 0.325 e. The van der Waals surface area contributed by atoms with Crippen LogP contribution in [0.3, 0.4) is 0 Å². The predicted molar refractivity (Wildman–Crippen MR) is 117 cm³/mol. The fourth-order valence-corrected chi connectivity index (χ4v) is 5.68. The van der Waals surface area contributed by atoms with Crippen molar-refractivity contribution in [3.8, 4) is 0 Å². The SMILES string of the molecule is O=CC(Cc1ccccc1)[C@@](Cc1ccccc1)(C(=O)O)N1C[C@H]2CCCC[C@H]2C1. The largest absolute Gasteiger partial charge is 0.480 e. The fraction of sp³-hybridized carbons (Fsp3) is 0.462. The van der Waals surface area contributed by atoms with E-state index in [1.807, 2.05) is 60.7 Å². The van der Waals surface area contributed by atoms with Crippen LogP contribution in [0.5, 0.6) is 0 Å². The molecule has 1 saturated heterocycles. The zero-order valence-electron chi connectivity index (χ0n) is 17.5. The van der Waals surface area contributed by atoms with Gasteiger partial charge in [0.25, 0.3) is 0 Å². The van der Waals surface area contributed by atoms with Gasteiger partial charge in [-0.3, -0.25) is 9.69 Å². The third-order valence-corrected chi connectivity index (χ3v) is 7.30. The molecule has 0 aromatic heterocycles. The van der Waals surface area contributed by atoms with Crippen LogP contribution in [-0.2, 0) is 22.4 Å². The molecule has 0 radical (unpaired) electrons. The predicted octanol–water partition coefficient (Wildman–Crippen LogP) is 4.23. The van der Waals surface area contributed by atoms with Crippen molar-refractivity contribution in [1.29, 1.82) is 0 Å². The number of aliphatic carboxylic acids is 1. The van der Waals surface area contributed by atoms with E-state index < -0.39 is 17.4 Å². The van der Waals surface area contributed by atoms with E-state index in [1.165, 1.54) is 25.7 Å². The molecule has 30 heavy (non-hydrogen) atoms. The Morgan fingerprint density at radius 2 is 1.50 bits per heavy atom. The van der Waals surface area contributed by atoms with Crippen molar-refractivity contribution >= 4 is 12.3 Å². The third-order valence-electron chi connectivity index (χ3n) is 7.30. The van der Waals surface area contributed by atoms with Gasteiger partial charge in [-0.05, 0) is 42.2 Å². The van der Waals surface area contributed by atoms with Gasteiger partial charge in [0.2, 0.25) is 0 Å². The Morgan fingerprint density at radius 3 is 2.00 bits per heavy atom. The van der Waals surface area contributed by atoms with Gasteiger partial charge in [-0.1, -0.05) is 73.5 Å². The molecule has 2 aromatic rings. The summed E-state index contributed by atoms with van der Waals surface area (Å²) in [6.07, 6.45) is 6.49. The van der Waals surface area contributed by atoms with Gasteiger partial charge in [-0.2, -0.15) is 0 Å². The van der Waals surface area contributed by atoms with Crippen LogP contribution >= 0.6 is 0 Å². The number of carboxylic acids is 1. The fourth-order valence-electron chi connectivity index (χ4n) is 5.68. The number of nitrogens with zero attached hydrogens (tertiary/aromatic N) is 1. The zero-order chi connectivity index (χ0) is 21.0. The monoisotopic (exact) mass is 405 g/mol. The normalized spacial score (nSPS) is 24.5. The number of rotatable bonds is 8. The minimum Gasteiger partial charge on any atom is -0.480 e. The maximum absolute atomic E-state index is 13.0. The van der Waals surface area contributed by atoms with Gasteiger partial charge in [0.05, 0.1) is 0 Å². The first-order chi connectivity index (χ1) is 14.6. The summed E-state index contributed by atoms with van der Waals surface area (Å²) in [7, 11) is 0. The Hall–Kier alpha value is -2.46. The highest BCUT2D eigenvalue weighted by molar-refractivity contribution is 5.84. The summed E-state index contributed by atoms with van der Waals surface area (Å²) >= 11 is 0. The van der Waals surface area contributed by atoms with Gasteiger partial charge in [0.15, 0.2) is 0 Å². The molecule has 0 bridgehead atoms. The summed E-state index contributed by atoms with van der Waals surface area (Å²) in [6, 6.07) is 19.6. The number of benzene rings is 2. The molecule has 1 unspecified atom stereocenters. The van der Waals surface area contributed by atoms with Crippen molar-refractivity contribution in [2.75, 3.05) is 13.1 Å². The van der Waals surface area contributed by atoms with Gasteiger partial charge in [-0.15, -0.1) is 0 Å². The summed E-state index contributed by atoms with van der Waals surface area (Å²) in [5.74, 6) is -0.384. The van der Waals surface area contributed by atoms with Crippen LogP contribution < -0.4 is 0 Å². The molecule has 1 heterocycles. The van der Waals surface area contributed by atoms with Crippen LogP contribution in [-0.4, -0.2) is 40.9 Å². The molecule has 1 aliphatic carbocycles. The van der Waals surface area contributed by atoms with E-state index in [-0.39, 0.29) is 0 Å². The van der Waals surface area contributed by atoms with E-state index in [0.29, 0.717) is 24.7 Å². The van der Waals surface area contributed by atoms with E-state index in [0.717, 1.165) is 30.5 Å². The minimum absolute atomic E-state index is 0.346. The average molecular weight is 406 g/mol. The number of carbonyl (C=O) groups excluding carboxylic acids is 1. The number of aldehydes is 1. The number of carbonyl (C=O) groups is 2. The van der Waals surface area contributed by atoms with Crippen molar-refractivity contribution in [3.05, 3.63) is 71.8 Å². The summed E-state index contributed by atoms with van der Waals surface area (Å²) in [5, 5.41) is 10.7. The lowest BCUT2D eigenvalue weighted by Gasteiger charge is -2.42. The Bertz CT molecular complexity index is 839. The van der Waals surface area contributed by atoms with Crippen molar-refractivity contribution in [2.45, 2.75) is 44.1 Å². The first-order valence-electron chi connectivity index (χ1n) is 11.1. The maximum Gasteiger partial charge on any atom is 0.325 e. The molecule has 158 valence electrons. The molecule has 2 aliphatic rings. The number of fused-ring (bicyclic) bond motifs is 1. The topological polar surface area (TPSA) is 57.6 Å². The Kier molecular flexibility index (Phi) is 6.33. The van der Waals surface area contributed by atoms with Crippen LogP contribution in [0.25, 0.3) is 0 Å². The molecular weight excluding hydrogens is 374 g/mol. The summed E-state index contributed by atoms with van der Waals surface area (Å²) < 4.78 is 0. The Morgan fingerprint density at radius 1 is 0.967 bits per heavy atom. The van der Waals surface area contributed by atoms with Gasteiger partial charge in [0.1, 0.15) is 11.8 Å². The molecule has 4 heteroatoms. The molecule has 1 saturated carbocycles. The van der Waals surface area contributed by atoms with E-state index >= 15 is 0 Å². The number of carboxylic acid groups (broad SMARTS) is 1. The third kappa shape index (κ3) is 4.06. The summed E-state index contributed by atoms with van der Waals surface area (Å²) in [6.45, 7) is 1.56. The average Bonchev–Trinajstić information content (AvgIpc) is 3.22. The summed E-state index contributed by atoms with van der Waals surface area (Å²) in [5.41, 5.74) is 0.746. The lowest BCUT2D eigenvalue weighted by atomic mass is 9.75. The second kappa shape index (κ2) is 9.13. The molecule has 0 spiro atoms. The van der Waals surface area contributed by atoms with Gasteiger partial charge >= 0.3 is 5.97 Å². The van der Waals surface area contributed by atoms with Gasteiger partial charge < -0.3 is 9.90 Å². The molecule has 4 nitrogen and oxygen atoms in total. The van der Waals surface area contributed by atoms with Crippen molar-refractivity contribution in [2.24, 2.45) is 17.8 Å². The second-order valence-electron chi connectivity index (χ2n) is 9.03. The number of hydrogen-bond donors (Lipinski definition) is 1. The lowest BCUT2D eigenvalue weighted by Crippen LogP contribution is -2.61. The molecule has 4 rings (SSSR count). The molecule has 0 amide bonds. The highest BCUT2D eigenvalue weighted by Gasteiger charge is 2.54. The highest BCUT2D eigenvalue weighted by atomic mass is 16.4. The van der Waals surface area contributed by atoms with Crippen molar-refractivity contribution in [3.63, 3.8) is 0 Å². The standard InChI is InChI=1S/C26H31NO3/c28-19-24(15-20-9-3-1-4-10-20)26(25(29)30,16-21-11-5-2-6-12-21)27-17-22-13-7-8-14-23(22)18-27/h1-6,9-12,19,22-24H,7-8,13-18H2,(H,29,30)/t22-,23+,24?,26-/m0/s1. The van der Waals surface area contributed by atoms with Crippen LogP contribution in [0.1, 0.15) is 36.8 Å². The van der Waals surface area contributed by atoms with E-state index in [9.17, 15) is 14.7 Å². The van der Waals surface area contributed by atoms with Crippen molar-refractivity contribution in [1.82, 2.24) is 4.90 Å². The first-order valence-corrected chi connectivity index (χ1v) is 11.1. The van der Waals surface area contributed by atoms with Gasteiger partial charge in [-0.25, -0.2) is 0 Å². The second-order valence-corrected chi connectivity index (χ2v) is 9.03. The lowest BCUT2D eigenvalue weighted by molar-refractivity contribution is -0.157. The van der Waals surface area contributed by atoms with Gasteiger partial charge in [0, 0.05) is 25.4 Å². The molecule has 2 aromatic carbocycles.